The van der Waals surface area contributed by atoms with Crippen LogP contribution in [0, 0.1) is 0 Å². The fourth-order valence-corrected chi connectivity index (χ4v) is 8.04. The zero-order valence-electron chi connectivity index (χ0n) is 37.8. The minimum absolute atomic E-state index is 0.0549. The van der Waals surface area contributed by atoms with Gasteiger partial charge in [0.25, 0.3) is 0 Å². The van der Waals surface area contributed by atoms with E-state index in [2.05, 4.69) is 0 Å². The molecule has 6 aromatic carbocycles. The lowest BCUT2D eigenvalue weighted by Crippen LogP contribution is -2.60. The van der Waals surface area contributed by atoms with E-state index in [-0.39, 0.29) is 57.1 Å². The summed E-state index contributed by atoms with van der Waals surface area (Å²) in [6, 6.07) is 39.3. The normalized spacial score (nSPS) is 19.2. The lowest BCUT2D eigenvalue weighted by molar-refractivity contribution is -0.232. The van der Waals surface area contributed by atoms with E-state index in [1.54, 1.807) is 97.1 Å². The summed E-state index contributed by atoms with van der Waals surface area (Å²) in [6.45, 7) is 1.70. The topological polar surface area (TPSA) is 203 Å². The number of hydrogen-bond acceptors (Lipinski definition) is 16. The number of rotatable bonds is 14. The minimum Gasteiger partial charge on any atom is -0.496 e. The highest BCUT2D eigenvalue weighted by atomic mass is 16.7. The second kappa shape index (κ2) is 21.5. The first-order valence-electron chi connectivity index (χ1n) is 22.0. The minimum atomic E-state index is -1.82. The first-order chi connectivity index (χ1) is 33.9. The molecule has 0 amide bonds. The predicted molar refractivity (Wildman–Crippen MR) is 246 cm³/mol. The number of ether oxygens (including phenoxy) is 9. The molecule has 1 saturated heterocycles. The number of carbonyl (C=O) groups is 7. The van der Waals surface area contributed by atoms with Crippen LogP contribution in [0.3, 0.4) is 0 Å². The molecule has 6 atom stereocenters. The molecular formula is C54H44O16. The molecule has 356 valence electrons. The maximum Gasteiger partial charge on any atom is 0.338 e. The van der Waals surface area contributed by atoms with Crippen LogP contribution in [0.15, 0.2) is 152 Å². The summed E-state index contributed by atoms with van der Waals surface area (Å²) in [5.74, 6) is -5.88. The molecule has 0 radical (unpaired) electrons. The Hall–Kier alpha value is -8.63. The second-order valence-electron chi connectivity index (χ2n) is 16.0. The Bertz CT molecular complexity index is 2890. The summed E-state index contributed by atoms with van der Waals surface area (Å²) in [4.78, 5) is 95.5. The third-order valence-electron chi connectivity index (χ3n) is 11.2. The van der Waals surface area contributed by atoms with Crippen molar-refractivity contribution in [3.63, 3.8) is 0 Å². The largest absolute Gasteiger partial charge is 0.496 e. The van der Waals surface area contributed by atoms with Crippen molar-refractivity contribution in [1.29, 1.82) is 0 Å². The maximum atomic E-state index is 14.5. The van der Waals surface area contributed by atoms with Crippen LogP contribution in [0.2, 0.25) is 0 Å². The van der Waals surface area contributed by atoms with Crippen LogP contribution in [-0.4, -0.2) is 79.7 Å². The number of ketones is 1. The lowest BCUT2D eigenvalue weighted by Gasteiger charge is -2.45. The van der Waals surface area contributed by atoms with Gasteiger partial charge in [-0.25, -0.2) is 19.2 Å². The van der Waals surface area contributed by atoms with E-state index in [0.717, 1.165) is 6.92 Å². The molecule has 0 aromatic heterocycles. The molecule has 0 spiro atoms. The van der Waals surface area contributed by atoms with E-state index in [1.807, 2.05) is 0 Å². The Morgan fingerprint density at radius 3 is 1.53 bits per heavy atom. The van der Waals surface area contributed by atoms with Crippen molar-refractivity contribution in [2.45, 2.75) is 56.9 Å². The van der Waals surface area contributed by atoms with Gasteiger partial charge >= 0.3 is 35.8 Å². The molecule has 2 aliphatic heterocycles. The first-order valence-corrected chi connectivity index (χ1v) is 22.0. The Kier molecular flexibility index (Phi) is 14.7. The van der Waals surface area contributed by atoms with Gasteiger partial charge in [0.1, 0.15) is 47.7 Å². The first kappa shape index (κ1) is 47.8. The molecule has 2 heterocycles. The Labute approximate surface area is 400 Å². The molecule has 70 heavy (non-hydrogen) atoms. The Balaban J connectivity index is 1.30. The van der Waals surface area contributed by atoms with Crippen LogP contribution in [0.25, 0.3) is 0 Å². The summed E-state index contributed by atoms with van der Waals surface area (Å²) in [5.41, 5.74) is 0.516. The van der Waals surface area contributed by atoms with Crippen LogP contribution in [0.5, 0.6) is 23.0 Å². The number of esters is 6. The molecule has 1 fully saturated rings. The molecule has 0 aliphatic carbocycles. The SMILES string of the molecule is COc1cc2c(c(OC(C)=O)c1[C@@H]1O[C@H](COC(=O)c3ccccc3)[C@@H](OC(=O)c3ccccc3)[C@H](OC(=O)c3ccccc3)[C@H]1OC(=O)c1ccccc1)C(=O)CC(c1ccc(OC(C)=O)cc1)O2. The van der Waals surface area contributed by atoms with Gasteiger partial charge in [-0.2, -0.15) is 0 Å². The van der Waals surface area contributed by atoms with E-state index < -0.39 is 90.6 Å². The summed E-state index contributed by atoms with van der Waals surface area (Å²) in [7, 11) is 1.28. The van der Waals surface area contributed by atoms with Crippen LogP contribution < -0.4 is 18.9 Å². The average Bonchev–Trinajstić information content (AvgIpc) is 3.37. The van der Waals surface area contributed by atoms with Crippen molar-refractivity contribution in [2.24, 2.45) is 0 Å². The molecule has 0 N–H and O–H groups in total. The number of carbonyl (C=O) groups excluding carboxylic acids is 7. The summed E-state index contributed by atoms with van der Waals surface area (Å²) < 4.78 is 54.8. The Morgan fingerprint density at radius 1 is 0.571 bits per heavy atom. The highest BCUT2D eigenvalue weighted by molar-refractivity contribution is 6.04. The number of methoxy groups -OCH3 is 1. The summed E-state index contributed by atoms with van der Waals surface area (Å²) in [6.07, 6.45) is -9.75. The average molecular weight is 949 g/mol. The quantitative estimate of drug-likeness (QED) is 0.0573. The third kappa shape index (κ3) is 10.9. The summed E-state index contributed by atoms with van der Waals surface area (Å²) in [5, 5.41) is 0. The van der Waals surface area contributed by atoms with E-state index in [1.165, 1.54) is 68.6 Å². The number of fused-ring (bicyclic) bond motifs is 1. The molecule has 0 saturated carbocycles. The fourth-order valence-electron chi connectivity index (χ4n) is 8.04. The van der Waals surface area contributed by atoms with E-state index >= 15 is 0 Å². The second-order valence-corrected chi connectivity index (χ2v) is 16.0. The molecule has 16 nitrogen and oxygen atoms in total. The van der Waals surface area contributed by atoms with Gasteiger partial charge in [0.15, 0.2) is 29.8 Å². The van der Waals surface area contributed by atoms with Crippen molar-refractivity contribution in [2.75, 3.05) is 13.7 Å². The molecule has 1 unspecified atom stereocenters. The van der Waals surface area contributed by atoms with Crippen LogP contribution in [0.1, 0.15) is 95.4 Å². The predicted octanol–water partition coefficient (Wildman–Crippen LogP) is 8.23. The smallest absolute Gasteiger partial charge is 0.338 e. The van der Waals surface area contributed by atoms with Crippen molar-refractivity contribution >= 4 is 41.6 Å². The standard InChI is InChI=1S/C54H44O16/c1-31(55)64-38-26-24-33(25-27-38)40-28-39(57)44-42(66-40)29-41(62-3)45(47(44)65-32(2)56)48-50(70-54(61)37-22-14-7-15-23-37)49(69-53(60)36-20-12-6-13-21-36)46(68-52(59)35-18-10-5-11-19-35)43(67-48)30-63-51(58)34-16-8-4-9-17-34/h4-27,29,40,43,46,48-50H,28,30H2,1-3H3/t40?,43-,46-,48+,49+,50+/m1/s1. The molecule has 16 heteroatoms. The molecule has 6 aromatic rings. The van der Waals surface area contributed by atoms with Crippen molar-refractivity contribution < 1.29 is 76.2 Å². The van der Waals surface area contributed by atoms with Crippen molar-refractivity contribution in [1.82, 2.24) is 0 Å². The monoisotopic (exact) mass is 948 g/mol. The van der Waals surface area contributed by atoms with Gasteiger partial charge in [0.2, 0.25) is 0 Å². The van der Waals surface area contributed by atoms with Gasteiger partial charge in [-0.3, -0.25) is 14.4 Å². The molecule has 0 bridgehead atoms. The van der Waals surface area contributed by atoms with E-state index in [9.17, 15) is 33.6 Å². The zero-order chi connectivity index (χ0) is 49.3. The Morgan fingerprint density at radius 2 is 1.04 bits per heavy atom. The van der Waals surface area contributed by atoms with Gasteiger partial charge in [-0.05, 0) is 66.2 Å². The lowest BCUT2D eigenvalue weighted by atomic mass is 9.86. The van der Waals surface area contributed by atoms with E-state index in [0.29, 0.717) is 5.56 Å². The number of Topliss-reactive ketones (excluding diaryl/α,β-unsaturated/α-hetero) is 1. The van der Waals surface area contributed by atoms with E-state index in [4.69, 9.17) is 42.6 Å². The van der Waals surface area contributed by atoms with Crippen molar-refractivity contribution in [3.8, 4) is 23.0 Å². The highest BCUT2D eigenvalue weighted by Gasteiger charge is 2.55. The highest BCUT2D eigenvalue weighted by Crippen LogP contribution is 2.52. The van der Waals surface area contributed by atoms with Gasteiger partial charge in [0.05, 0.1) is 41.3 Å². The van der Waals surface area contributed by atoms with Crippen LogP contribution in [-0.2, 0) is 33.3 Å². The molecule has 8 rings (SSSR count). The van der Waals surface area contributed by atoms with Gasteiger partial charge in [-0.1, -0.05) is 84.9 Å². The van der Waals surface area contributed by atoms with Crippen LogP contribution >= 0.6 is 0 Å². The number of benzene rings is 6. The van der Waals surface area contributed by atoms with Gasteiger partial charge < -0.3 is 42.6 Å². The fraction of sp³-hybridized carbons (Fsp3) is 0.204. The third-order valence-corrected chi connectivity index (χ3v) is 11.2. The molecular weight excluding hydrogens is 905 g/mol. The van der Waals surface area contributed by atoms with Crippen LogP contribution in [0.4, 0.5) is 0 Å². The van der Waals surface area contributed by atoms with Gasteiger partial charge in [-0.15, -0.1) is 0 Å². The number of hydrogen-bond donors (Lipinski definition) is 0. The molecule has 2 aliphatic rings. The zero-order valence-corrected chi connectivity index (χ0v) is 37.8. The van der Waals surface area contributed by atoms with Gasteiger partial charge in [0, 0.05) is 19.9 Å². The maximum absolute atomic E-state index is 14.5. The summed E-state index contributed by atoms with van der Waals surface area (Å²) >= 11 is 0. The van der Waals surface area contributed by atoms with Crippen molar-refractivity contribution in [3.05, 3.63) is 191 Å².